The Labute approximate surface area is 146 Å². The summed E-state index contributed by atoms with van der Waals surface area (Å²) in [4.78, 5) is 28.2. The summed E-state index contributed by atoms with van der Waals surface area (Å²) in [5.74, 6) is -0.319. The number of anilines is 1. The molecule has 2 N–H and O–H groups in total. The molecule has 1 aliphatic heterocycles. The third-order valence-corrected chi connectivity index (χ3v) is 4.15. The molecule has 0 bridgehead atoms. The lowest BCUT2D eigenvalue weighted by Gasteiger charge is -2.16. The minimum Gasteiger partial charge on any atom is -0.506 e. The van der Waals surface area contributed by atoms with E-state index in [9.17, 15) is 14.6 Å². The first-order valence-corrected chi connectivity index (χ1v) is 8.36. The number of carbonyl (C=O) groups is 2. The highest BCUT2D eigenvalue weighted by atomic mass is 16.6. The van der Waals surface area contributed by atoms with E-state index in [-0.39, 0.29) is 5.91 Å². The number of aromatic nitrogens is 1. The van der Waals surface area contributed by atoms with Crippen molar-refractivity contribution >= 4 is 30.3 Å². The third-order valence-electron chi connectivity index (χ3n) is 4.15. The smallest absolute Gasteiger partial charge is 0.506 e. The molecule has 1 aromatic carbocycles. The van der Waals surface area contributed by atoms with Crippen LogP contribution in [0.3, 0.4) is 0 Å². The Balaban J connectivity index is 1.85. The number of benzene rings is 1. The SMILES string of the molecule is O=C1CCCCCc2ccc(C(=O)Nc3ccccn3)cc2B(O)O1. The lowest BCUT2D eigenvalue weighted by atomic mass is 9.74. The predicted molar refractivity (Wildman–Crippen MR) is 94.5 cm³/mol. The summed E-state index contributed by atoms with van der Waals surface area (Å²) < 4.78 is 5.08. The van der Waals surface area contributed by atoms with Crippen LogP contribution in [0.5, 0.6) is 0 Å². The number of aryl methyl sites for hydroxylation is 1. The van der Waals surface area contributed by atoms with Crippen LogP contribution in [0.4, 0.5) is 5.82 Å². The van der Waals surface area contributed by atoms with Gasteiger partial charge in [0.25, 0.3) is 11.9 Å². The predicted octanol–water partition coefficient (Wildman–Crippen LogP) is 1.68. The summed E-state index contributed by atoms with van der Waals surface area (Å²) in [6.45, 7) is 0. The van der Waals surface area contributed by atoms with E-state index in [1.54, 1.807) is 42.6 Å². The van der Waals surface area contributed by atoms with Gasteiger partial charge in [-0.05, 0) is 49.1 Å². The second-order valence-corrected chi connectivity index (χ2v) is 5.99. The molecule has 7 heteroatoms. The number of carbonyl (C=O) groups excluding carboxylic acids is 2. The third kappa shape index (κ3) is 4.45. The average molecular weight is 338 g/mol. The molecule has 0 radical (unpaired) electrons. The van der Waals surface area contributed by atoms with Crippen molar-refractivity contribution in [1.82, 2.24) is 4.98 Å². The minimum atomic E-state index is -1.36. The fraction of sp³-hybridized carbons (Fsp3) is 0.278. The number of rotatable bonds is 2. The van der Waals surface area contributed by atoms with E-state index >= 15 is 0 Å². The van der Waals surface area contributed by atoms with Crippen molar-refractivity contribution in [3.63, 3.8) is 0 Å². The molecule has 3 rings (SSSR count). The van der Waals surface area contributed by atoms with Crippen LogP contribution in [-0.4, -0.2) is 29.0 Å². The van der Waals surface area contributed by atoms with Gasteiger partial charge < -0.3 is 15.0 Å². The molecule has 128 valence electrons. The molecule has 1 aliphatic rings. The van der Waals surface area contributed by atoms with Gasteiger partial charge in [0, 0.05) is 23.6 Å². The van der Waals surface area contributed by atoms with Gasteiger partial charge >= 0.3 is 7.12 Å². The number of nitrogens with one attached hydrogen (secondary N) is 1. The Morgan fingerprint density at radius 2 is 2.00 bits per heavy atom. The van der Waals surface area contributed by atoms with E-state index in [4.69, 9.17) is 4.65 Å². The fourth-order valence-corrected chi connectivity index (χ4v) is 2.83. The molecule has 0 spiro atoms. The molecule has 0 atom stereocenters. The van der Waals surface area contributed by atoms with Crippen molar-refractivity contribution in [2.45, 2.75) is 32.1 Å². The molecule has 2 heterocycles. The molecular weight excluding hydrogens is 319 g/mol. The van der Waals surface area contributed by atoms with Gasteiger partial charge in [0.05, 0.1) is 0 Å². The van der Waals surface area contributed by atoms with Crippen molar-refractivity contribution in [2.75, 3.05) is 5.32 Å². The summed E-state index contributed by atoms with van der Waals surface area (Å²) in [5.41, 5.74) is 1.72. The van der Waals surface area contributed by atoms with Gasteiger partial charge in [0.15, 0.2) is 0 Å². The average Bonchev–Trinajstić information content (AvgIpc) is 2.62. The zero-order valence-corrected chi connectivity index (χ0v) is 13.8. The van der Waals surface area contributed by atoms with Gasteiger partial charge in [-0.15, -0.1) is 0 Å². The van der Waals surface area contributed by atoms with Gasteiger partial charge in [-0.1, -0.05) is 18.6 Å². The number of amides is 1. The van der Waals surface area contributed by atoms with Gasteiger partial charge in [0.2, 0.25) is 0 Å². The van der Waals surface area contributed by atoms with Crippen molar-refractivity contribution in [2.24, 2.45) is 0 Å². The fourth-order valence-electron chi connectivity index (χ4n) is 2.83. The van der Waals surface area contributed by atoms with Crippen LogP contribution in [0, 0.1) is 0 Å². The number of hydrogen-bond donors (Lipinski definition) is 2. The lowest BCUT2D eigenvalue weighted by molar-refractivity contribution is -0.135. The van der Waals surface area contributed by atoms with E-state index in [1.165, 1.54) is 0 Å². The largest absolute Gasteiger partial charge is 0.562 e. The first-order valence-electron chi connectivity index (χ1n) is 8.36. The van der Waals surface area contributed by atoms with E-state index in [1.807, 2.05) is 0 Å². The van der Waals surface area contributed by atoms with Crippen molar-refractivity contribution in [3.05, 3.63) is 53.7 Å². The Bertz CT molecular complexity index is 767. The van der Waals surface area contributed by atoms with Crippen LogP contribution in [-0.2, 0) is 15.9 Å². The number of hydrogen-bond acceptors (Lipinski definition) is 5. The summed E-state index contributed by atoms with van der Waals surface area (Å²) in [6, 6.07) is 10.3. The number of pyridine rings is 1. The van der Waals surface area contributed by atoms with E-state index in [2.05, 4.69) is 10.3 Å². The number of fused-ring (bicyclic) bond motifs is 1. The first kappa shape index (κ1) is 17.2. The summed E-state index contributed by atoms with van der Waals surface area (Å²) in [5, 5.41) is 13.0. The maximum Gasteiger partial charge on any atom is 0.562 e. The number of nitrogens with zero attached hydrogens (tertiary/aromatic N) is 1. The highest BCUT2D eigenvalue weighted by Gasteiger charge is 2.26. The van der Waals surface area contributed by atoms with Crippen LogP contribution in [0.15, 0.2) is 42.6 Å². The molecule has 2 aromatic rings. The molecule has 1 amide bonds. The first-order chi connectivity index (χ1) is 12.1. The molecule has 0 unspecified atom stereocenters. The minimum absolute atomic E-state index is 0.298. The van der Waals surface area contributed by atoms with Crippen molar-refractivity contribution in [1.29, 1.82) is 0 Å². The maximum atomic E-state index is 12.4. The molecule has 0 aliphatic carbocycles. The molecular formula is C18H19BN2O4. The molecule has 25 heavy (non-hydrogen) atoms. The van der Waals surface area contributed by atoms with Crippen LogP contribution in [0.1, 0.15) is 41.6 Å². The van der Waals surface area contributed by atoms with Crippen LogP contribution in [0.25, 0.3) is 0 Å². The zero-order valence-electron chi connectivity index (χ0n) is 13.8. The highest BCUT2D eigenvalue weighted by Crippen LogP contribution is 2.13. The molecule has 0 fully saturated rings. The monoisotopic (exact) mass is 338 g/mol. The summed E-state index contributed by atoms with van der Waals surface area (Å²) >= 11 is 0. The topological polar surface area (TPSA) is 88.5 Å². The van der Waals surface area contributed by atoms with Gasteiger partial charge in [-0.3, -0.25) is 9.59 Å². The van der Waals surface area contributed by atoms with Gasteiger partial charge in [-0.25, -0.2) is 4.98 Å². The quantitative estimate of drug-likeness (QED) is 0.814. The van der Waals surface area contributed by atoms with Crippen molar-refractivity contribution < 1.29 is 19.3 Å². The lowest BCUT2D eigenvalue weighted by Crippen LogP contribution is -2.39. The molecule has 0 saturated carbocycles. The summed E-state index contributed by atoms with van der Waals surface area (Å²) in [7, 11) is -1.36. The Morgan fingerprint density at radius 3 is 2.80 bits per heavy atom. The second kappa shape index (κ2) is 7.94. The maximum absolute atomic E-state index is 12.4. The van der Waals surface area contributed by atoms with E-state index < -0.39 is 13.1 Å². The van der Waals surface area contributed by atoms with E-state index in [0.717, 1.165) is 31.2 Å². The van der Waals surface area contributed by atoms with E-state index in [0.29, 0.717) is 23.3 Å². The van der Waals surface area contributed by atoms with Crippen LogP contribution in [0.2, 0.25) is 0 Å². The normalized spacial score (nSPS) is 15.1. The molecule has 0 saturated heterocycles. The van der Waals surface area contributed by atoms with Gasteiger partial charge in [-0.2, -0.15) is 0 Å². The Kier molecular flexibility index (Phi) is 5.45. The van der Waals surface area contributed by atoms with Crippen molar-refractivity contribution in [3.8, 4) is 0 Å². The molecule has 1 aromatic heterocycles. The van der Waals surface area contributed by atoms with Crippen LogP contribution < -0.4 is 10.8 Å². The molecule has 6 nitrogen and oxygen atoms in total. The highest BCUT2D eigenvalue weighted by molar-refractivity contribution is 6.62. The Morgan fingerprint density at radius 1 is 1.16 bits per heavy atom. The standard InChI is InChI=1S/C18H19BN2O4/c22-17-8-3-1-2-6-13-9-10-14(12-15(13)19(24)25-17)18(23)21-16-7-4-5-11-20-16/h4-5,7,9-12,24H,1-3,6,8H2,(H,20,21,23). The van der Waals surface area contributed by atoms with Crippen LogP contribution >= 0.6 is 0 Å². The zero-order chi connectivity index (χ0) is 17.6. The summed E-state index contributed by atoms with van der Waals surface area (Å²) in [6.07, 6.45) is 5.26. The second-order valence-electron chi connectivity index (χ2n) is 5.99. The van der Waals surface area contributed by atoms with Gasteiger partial charge in [0.1, 0.15) is 5.82 Å². The Hall–Kier alpha value is -2.67.